The molecule has 4 rings (SSSR count). The molecule has 0 fully saturated rings. The van der Waals surface area contributed by atoms with Crippen molar-refractivity contribution < 1.29 is 8.78 Å². The topological polar surface area (TPSA) is 118 Å². The number of hydrogen-bond acceptors (Lipinski definition) is 7. The Labute approximate surface area is 163 Å². The maximum Gasteiger partial charge on any atom is 0.214 e. The molecule has 0 spiro atoms. The highest BCUT2D eigenvalue weighted by molar-refractivity contribution is 5.78. The highest BCUT2D eigenvalue weighted by Gasteiger charge is 2.21. The number of nitriles is 1. The van der Waals surface area contributed by atoms with Crippen LogP contribution in [0.3, 0.4) is 0 Å². The molecule has 144 valence electrons. The van der Waals surface area contributed by atoms with Gasteiger partial charge in [-0.3, -0.25) is 4.57 Å². The highest BCUT2D eigenvalue weighted by atomic mass is 19.1. The Morgan fingerprint density at radius 1 is 1.17 bits per heavy atom. The van der Waals surface area contributed by atoms with Gasteiger partial charge in [0.15, 0.2) is 0 Å². The monoisotopic (exact) mass is 392 g/mol. The van der Waals surface area contributed by atoms with Crippen LogP contribution in [0.5, 0.6) is 0 Å². The molecular weight excluding hydrogens is 378 g/mol. The lowest BCUT2D eigenvalue weighted by molar-refractivity contribution is 0.579. The lowest BCUT2D eigenvalue weighted by atomic mass is 10.2. The number of anilines is 2. The zero-order valence-electron chi connectivity index (χ0n) is 15.1. The van der Waals surface area contributed by atoms with Crippen LogP contribution >= 0.6 is 0 Å². The first-order valence-electron chi connectivity index (χ1n) is 8.56. The van der Waals surface area contributed by atoms with E-state index < -0.39 is 17.8 Å². The fourth-order valence-corrected chi connectivity index (χ4v) is 3.01. The number of pyridine rings is 1. The van der Waals surface area contributed by atoms with E-state index in [1.165, 1.54) is 36.7 Å². The number of aromatic nitrogens is 5. The summed E-state index contributed by atoms with van der Waals surface area (Å²) in [5.74, 6) is -0.210. The number of rotatable bonds is 4. The SMILES string of the molecule is C[C@H](Nc1ncnc(N)c1C#N)c1nc2ccc(F)cc2n1-c1cccc(F)n1. The number of benzene rings is 1. The molecule has 8 nitrogen and oxygen atoms in total. The van der Waals surface area contributed by atoms with Crippen LogP contribution in [0.1, 0.15) is 24.4 Å². The number of imidazole rings is 1. The van der Waals surface area contributed by atoms with E-state index in [4.69, 9.17) is 5.73 Å². The summed E-state index contributed by atoms with van der Waals surface area (Å²) in [5, 5.41) is 12.4. The minimum atomic E-state index is -0.678. The van der Waals surface area contributed by atoms with Crippen LogP contribution in [-0.4, -0.2) is 24.5 Å². The van der Waals surface area contributed by atoms with Crippen LogP contribution in [0.15, 0.2) is 42.7 Å². The van der Waals surface area contributed by atoms with E-state index in [-0.39, 0.29) is 23.0 Å². The van der Waals surface area contributed by atoms with E-state index in [0.29, 0.717) is 16.9 Å². The predicted octanol–water partition coefficient (Wildman–Crippen LogP) is 3.12. The molecule has 3 aromatic heterocycles. The van der Waals surface area contributed by atoms with Crippen molar-refractivity contribution in [1.82, 2.24) is 24.5 Å². The summed E-state index contributed by atoms with van der Waals surface area (Å²) in [7, 11) is 0. The average Bonchev–Trinajstić information content (AvgIpc) is 3.07. The van der Waals surface area contributed by atoms with Crippen molar-refractivity contribution in [2.75, 3.05) is 11.1 Å². The second kappa shape index (κ2) is 7.12. The Balaban J connectivity index is 1.87. The van der Waals surface area contributed by atoms with Crippen molar-refractivity contribution in [3.63, 3.8) is 0 Å². The molecule has 0 amide bonds. The van der Waals surface area contributed by atoms with Crippen molar-refractivity contribution in [3.05, 3.63) is 65.9 Å². The summed E-state index contributed by atoms with van der Waals surface area (Å²) in [4.78, 5) is 16.3. The number of nitrogens with one attached hydrogen (secondary N) is 1. The van der Waals surface area contributed by atoms with E-state index in [1.54, 1.807) is 17.6 Å². The van der Waals surface area contributed by atoms with Gasteiger partial charge >= 0.3 is 0 Å². The molecule has 0 bridgehead atoms. The van der Waals surface area contributed by atoms with E-state index in [2.05, 4.69) is 25.3 Å². The van der Waals surface area contributed by atoms with Gasteiger partial charge < -0.3 is 11.1 Å². The van der Waals surface area contributed by atoms with Crippen LogP contribution in [0.4, 0.5) is 20.4 Å². The lowest BCUT2D eigenvalue weighted by Crippen LogP contribution is -2.16. The first-order chi connectivity index (χ1) is 14.0. The number of nitrogen functional groups attached to an aromatic ring is 1. The summed E-state index contributed by atoms with van der Waals surface area (Å²) >= 11 is 0. The summed E-state index contributed by atoms with van der Waals surface area (Å²) in [6.45, 7) is 1.77. The van der Waals surface area contributed by atoms with Gasteiger partial charge in [-0.1, -0.05) is 6.07 Å². The molecule has 0 aliphatic carbocycles. The molecule has 0 aliphatic rings. The Morgan fingerprint density at radius 3 is 2.76 bits per heavy atom. The molecule has 0 radical (unpaired) electrons. The molecular formula is C19H14F2N8. The van der Waals surface area contributed by atoms with Crippen LogP contribution in [0.2, 0.25) is 0 Å². The highest BCUT2D eigenvalue weighted by Crippen LogP contribution is 2.28. The van der Waals surface area contributed by atoms with Crippen LogP contribution < -0.4 is 11.1 Å². The van der Waals surface area contributed by atoms with Crippen molar-refractivity contribution >= 4 is 22.7 Å². The Kier molecular flexibility index (Phi) is 4.48. The molecule has 3 N–H and O–H groups in total. The fourth-order valence-electron chi connectivity index (χ4n) is 3.01. The Bertz CT molecular complexity index is 1260. The zero-order valence-corrected chi connectivity index (χ0v) is 15.1. The van der Waals surface area contributed by atoms with E-state index in [0.717, 1.165) is 0 Å². The first kappa shape index (κ1) is 18.2. The number of halogens is 2. The Hall–Kier alpha value is -4.13. The quantitative estimate of drug-likeness (QED) is 0.512. The van der Waals surface area contributed by atoms with Crippen molar-refractivity contribution in [3.8, 4) is 11.9 Å². The van der Waals surface area contributed by atoms with Gasteiger partial charge in [0.2, 0.25) is 5.95 Å². The third-order valence-corrected chi connectivity index (χ3v) is 4.30. The van der Waals surface area contributed by atoms with Gasteiger partial charge in [0.1, 0.15) is 47.1 Å². The number of nitrogens with two attached hydrogens (primary N) is 1. The third-order valence-electron chi connectivity index (χ3n) is 4.30. The number of hydrogen-bond donors (Lipinski definition) is 2. The molecule has 29 heavy (non-hydrogen) atoms. The number of nitrogens with zero attached hydrogens (tertiary/aromatic N) is 6. The van der Waals surface area contributed by atoms with Gasteiger partial charge in [-0.05, 0) is 31.2 Å². The van der Waals surface area contributed by atoms with Gasteiger partial charge in [0.25, 0.3) is 0 Å². The Morgan fingerprint density at radius 2 is 2.00 bits per heavy atom. The zero-order chi connectivity index (χ0) is 20.5. The van der Waals surface area contributed by atoms with Gasteiger partial charge in [-0.15, -0.1) is 0 Å². The van der Waals surface area contributed by atoms with Gasteiger partial charge in [-0.25, -0.2) is 24.3 Å². The van der Waals surface area contributed by atoms with Crippen LogP contribution in [0, 0.1) is 23.1 Å². The maximum absolute atomic E-state index is 13.9. The van der Waals surface area contributed by atoms with Crippen molar-refractivity contribution in [1.29, 1.82) is 5.26 Å². The first-order valence-corrected chi connectivity index (χ1v) is 8.56. The van der Waals surface area contributed by atoms with Gasteiger partial charge in [0, 0.05) is 6.07 Å². The second-order valence-electron chi connectivity index (χ2n) is 6.22. The van der Waals surface area contributed by atoms with Gasteiger partial charge in [-0.2, -0.15) is 9.65 Å². The minimum Gasteiger partial charge on any atom is -0.382 e. The minimum absolute atomic E-state index is 0.0413. The second-order valence-corrected chi connectivity index (χ2v) is 6.22. The fraction of sp³-hybridized carbons (Fsp3) is 0.105. The van der Waals surface area contributed by atoms with Crippen LogP contribution in [0.25, 0.3) is 16.9 Å². The maximum atomic E-state index is 13.9. The average molecular weight is 392 g/mol. The molecule has 4 aromatic rings. The summed E-state index contributed by atoms with van der Waals surface area (Å²) in [6, 6.07) is 9.87. The smallest absolute Gasteiger partial charge is 0.214 e. The molecule has 3 heterocycles. The van der Waals surface area contributed by atoms with Crippen LogP contribution in [-0.2, 0) is 0 Å². The molecule has 1 atom stereocenters. The molecule has 10 heteroatoms. The van der Waals surface area contributed by atoms with E-state index in [9.17, 15) is 14.0 Å². The van der Waals surface area contributed by atoms with E-state index in [1.807, 2.05) is 6.07 Å². The summed E-state index contributed by atoms with van der Waals surface area (Å²) in [5.41, 5.74) is 6.76. The predicted molar refractivity (Wildman–Crippen MR) is 102 cm³/mol. The van der Waals surface area contributed by atoms with E-state index >= 15 is 0 Å². The van der Waals surface area contributed by atoms with Crippen molar-refractivity contribution in [2.45, 2.75) is 13.0 Å². The van der Waals surface area contributed by atoms with Crippen molar-refractivity contribution in [2.24, 2.45) is 0 Å². The molecule has 0 saturated heterocycles. The summed E-state index contributed by atoms with van der Waals surface area (Å²) < 4.78 is 29.2. The van der Waals surface area contributed by atoms with Gasteiger partial charge in [0.05, 0.1) is 17.1 Å². The molecule has 0 unspecified atom stereocenters. The summed E-state index contributed by atoms with van der Waals surface area (Å²) in [6.07, 6.45) is 1.23. The largest absolute Gasteiger partial charge is 0.382 e. The molecule has 1 aromatic carbocycles. The lowest BCUT2D eigenvalue weighted by Gasteiger charge is -2.17. The standard InChI is InChI=1S/C19H14F2N8/c1-10(26-18-12(8-22)17(23)24-9-25-18)19-27-13-6-5-11(20)7-14(13)29(19)16-4-2-3-15(21)28-16/h2-7,9-10H,1H3,(H3,23,24,25,26)/t10-/m0/s1. The number of fused-ring (bicyclic) bond motifs is 1. The third kappa shape index (κ3) is 3.29. The molecule has 0 aliphatic heterocycles. The molecule has 0 saturated carbocycles. The normalized spacial score (nSPS) is 11.9.